The molecular formula is C16H20N2O2S. The van der Waals surface area contributed by atoms with Crippen LogP contribution in [0, 0.1) is 6.92 Å². The van der Waals surface area contributed by atoms with Crippen molar-refractivity contribution >= 4 is 27.3 Å². The number of carbonyl (C=O) groups excluding carboxylic acids is 1. The average molecular weight is 304 g/mol. The van der Waals surface area contributed by atoms with Gasteiger partial charge in [0.1, 0.15) is 0 Å². The molecule has 2 aromatic heterocycles. The van der Waals surface area contributed by atoms with E-state index in [4.69, 9.17) is 0 Å². The predicted molar refractivity (Wildman–Crippen MR) is 86.1 cm³/mol. The van der Waals surface area contributed by atoms with Crippen LogP contribution >= 0.6 is 11.3 Å². The van der Waals surface area contributed by atoms with Crippen molar-refractivity contribution in [2.24, 2.45) is 7.05 Å². The smallest absolute Gasteiger partial charge is 0.259 e. The van der Waals surface area contributed by atoms with Crippen molar-refractivity contribution in [3.8, 4) is 0 Å². The molecule has 1 amide bonds. The maximum Gasteiger partial charge on any atom is 0.259 e. The number of fused-ring (bicyclic) bond motifs is 1. The van der Waals surface area contributed by atoms with Crippen LogP contribution in [0.1, 0.15) is 47.3 Å². The van der Waals surface area contributed by atoms with Crippen LogP contribution in [0.2, 0.25) is 0 Å². The number of hydrogen-bond acceptors (Lipinski definition) is 3. The van der Waals surface area contributed by atoms with E-state index in [0.717, 1.165) is 22.4 Å². The van der Waals surface area contributed by atoms with Crippen LogP contribution in [0.4, 0.5) is 0 Å². The Labute approximate surface area is 127 Å². The monoisotopic (exact) mass is 304 g/mol. The number of thiophene rings is 1. The van der Waals surface area contributed by atoms with E-state index in [0.29, 0.717) is 10.9 Å². The molecule has 5 heteroatoms. The minimum atomic E-state index is -0.0920. The number of pyridine rings is 1. The highest BCUT2D eigenvalue weighted by Crippen LogP contribution is 2.28. The summed E-state index contributed by atoms with van der Waals surface area (Å²) in [5, 5.41) is 3.69. The van der Waals surface area contributed by atoms with E-state index in [1.807, 2.05) is 13.0 Å². The van der Waals surface area contributed by atoms with E-state index in [2.05, 4.69) is 5.32 Å². The number of nitrogens with one attached hydrogen (secondary N) is 1. The molecule has 3 rings (SSSR count). The lowest BCUT2D eigenvalue weighted by Crippen LogP contribution is -2.36. The van der Waals surface area contributed by atoms with Gasteiger partial charge in [-0.05, 0) is 25.8 Å². The van der Waals surface area contributed by atoms with Crippen molar-refractivity contribution in [3.63, 3.8) is 0 Å². The molecule has 1 aliphatic rings. The highest BCUT2D eigenvalue weighted by molar-refractivity contribution is 7.19. The number of aryl methyl sites for hydroxylation is 2. The normalized spacial score (nSPS) is 16.3. The lowest BCUT2D eigenvalue weighted by atomic mass is 9.95. The molecular weight excluding hydrogens is 284 g/mol. The zero-order chi connectivity index (χ0) is 15.0. The van der Waals surface area contributed by atoms with Crippen molar-refractivity contribution in [3.05, 3.63) is 33.1 Å². The van der Waals surface area contributed by atoms with Crippen molar-refractivity contribution in [1.82, 2.24) is 9.88 Å². The summed E-state index contributed by atoms with van der Waals surface area (Å²) in [5.41, 5.74) is 0.479. The van der Waals surface area contributed by atoms with Crippen LogP contribution in [0.3, 0.4) is 0 Å². The van der Waals surface area contributed by atoms with Crippen LogP contribution in [0.25, 0.3) is 10.1 Å². The van der Waals surface area contributed by atoms with Gasteiger partial charge in [-0.2, -0.15) is 0 Å². The quantitative estimate of drug-likeness (QED) is 0.927. The molecule has 1 N–H and O–H groups in total. The van der Waals surface area contributed by atoms with Crippen LogP contribution < -0.4 is 10.9 Å². The van der Waals surface area contributed by atoms with Gasteiger partial charge in [-0.15, -0.1) is 11.3 Å². The molecule has 2 aromatic rings. The molecule has 0 aliphatic heterocycles. The number of rotatable bonds is 2. The fourth-order valence-electron chi connectivity index (χ4n) is 3.10. The maximum absolute atomic E-state index is 12.6. The molecule has 2 heterocycles. The van der Waals surface area contributed by atoms with Crippen LogP contribution in [-0.2, 0) is 7.05 Å². The molecule has 1 fully saturated rings. The first-order chi connectivity index (χ1) is 10.1. The molecule has 0 saturated heterocycles. The van der Waals surface area contributed by atoms with E-state index in [-0.39, 0.29) is 17.5 Å². The summed E-state index contributed by atoms with van der Waals surface area (Å²) in [4.78, 5) is 25.9. The Hall–Kier alpha value is -1.62. The zero-order valence-electron chi connectivity index (χ0n) is 12.4. The molecule has 0 spiro atoms. The summed E-state index contributed by atoms with van der Waals surface area (Å²) in [5.74, 6) is -0.0889. The van der Waals surface area contributed by atoms with Gasteiger partial charge >= 0.3 is 0 Å². The molecule has 0 aromatic carbocycles. The molecule has 1 aliphatic carbocycles. The van der Waals surface area contributed by atoms with E-state index in [1.165, 1.54) is 35.2 Å². The second-order valence-corrected chi connectivity index (χ2v) is 7.07. The molecule has 0 bridgehead atoms. The van der Waals surface area contributed by atoms with Gasteiger partial charge < -0.3 is 9.88 Å². The Morgan fingerprint density at radius 2 is 2.05 bits per heavy atom. The summed E-state index contributed by atoms with van der Waals surface area (Å²) in [7, 11) is 1.72. The lowest BCUT2D eigenvalue weighted by molar-refractivity contribution is 0.0929. The minimum absolute atomic E-state index is 0.0889. The Kier molecular flexibility index (Phi) is 3.85. The van der Waals surface area contributed by atoms with Gasteiger partial charge in [-0.3, -0.25) is 9.59 Å². The van der Waals surface area contributed by atoms with E-state index < -0.39 is 0 Å². The molecule has 21 heavy (non-hydrogen) atoms. The van der Waals surface area contributed by atoms with Gasteiger partial charge in [-0.1, -0.05) is 19.3 Å². The van der Waals surface area contributed by atoms with Crippen LogP contribution in [0.15, 0.2) is 17.1 Å². The Morgan fingerprint density at radius 1 is 1.33 bits per heavy atom. The first-order valence-electron chi connectivity index (χ1n) is 7.47. The van der Waals surface area contributed by atoms with E-state index >= 15 is 0 Å². The number of hydrogen-bond donors (Lipinski definition) is 1. The summed E-state index contributed by atoms with van der Waals surface area (Å²) in [6.45, 7) is 1.92. The second kappa shape index (κ2) is 5.64. The highest BCUT2D eigenvalue weighted by atomic mass is 32.1. The molecule has 0 atom stereocenters. The summed E-state index contributed by atoms with van der Waals surface area (Å²) < 4.78 is 2.43. The van der Waals surface area contributed by atoms with Gasteiger partial charge in [0, 0.05) is 28.9 Å². The maximum atomic E-state index is 12.6. The predicted octanol–water partition coefficient (Wildman–Crippen LogP) is 2.97. The fourth-order valence-corrected chi connectivity index (χ4v) is 4.14. The summed E-state index contributed by atoms with van der Waals surface area (Å²) >= 11 is 1.52. The largest absolute Gasteiger partial charge is 0.349 e. The molecule has 4 nitrogen and oxygen atoms in total. The minimum Gasteiger partial charge on any atom is -0.349 e. The number of nitrogens with zero attached hydrogens (tertiary/aromatic N) is 1. The van der Waals surface area contributed by atoms with E-state index in [9.17, 15) is 9.59 Å². The second-order valence-electron chi connectivity index (χ2n) is 5.81. The highest BCUT2D eigenvalue weighted by Gasteiger charge is 2.22. The van der Waals surface area contributed by atoms with Gasteiger partial charge in [0.05, 0.1) is 10.9 Å². The third kappa shape index (κ3) is 2.62. The third-order valence-corrected chi connectivity index (χ3v) is 5.33. The Morgan fingerprint density at radius 3 is 2.76 bits per heavy atom. The van der Waals surface area contributed by atoms with Crippen LogP contribution in [-0.4, -0.2) is 16.5 Å². The van der Waals surface area contributed by atoms with Gasteiger partial charge in [0.15, 0.2) is 0 Å². The van der Waals surface area contributed by atoms with E-state index in [1.54, 1.807) is 13.2 Å². The number of aromatic nitrogens is 1. The zero-order valence-corrected chi connectivity index (χ0v) is 13.3. The topological polar surface area (TPSA) is 51.1 Å². The van der Waals surface area contributed by atoms with Crippen molar-refractivity contribution < 1.29 is 4.79 Å². The summed E-state index contributed by atoms with van der Waals surface area (Å²) in [6, 6.07) is 2.17. The first-order valence-corrected chi connectivity index (χ1v) is 8.29. The van der Waals surface area contributed by atoms with Crippen molar-refractivity contribution in [2.75, 3.05) is 0 Å². The lowest BCUT2D eigenvalue weighted by Gasteiger charge is -2.22. The fraction of sp³-hybridized carbons (Fsp3) is 0.500. The molecule has 112 valence electrons. The Balaban J connectivity index is 1.99. The van der Waals surface area contributed by atoms with Crippen molar-refractivity contribution in [2.45, 2.75) is 45.1 Å². The van der Waals surface area contributed by atoms with Gasteiger partial charge in [0.2, 0.25) is 0 Å². The Bertz CT molecular complexity index is 739. The van der Waals surface area contributed by atoms with Crippen LogP contribution in [0.5, 0.6) is 0 Å². The van der Waals surface area contributed by atoms with Gasteiger partial charge in [-0.25, -0.2) is 0 Å². The standard InChI is InChI=1S/C16H20N2O2S/c1-10-13(15(19)17-11-6-4-3-5-7-11)14-12(21-10)8-9-18(2)16(14)20/h8-9,11H,3-7H2,1-2H3,(H,17,19). The molecule has 0 radical (unpaired) electrons. The first kappa shape index (κ1) is 14.3. The molecule has 0 unspecified atom stereocenters. The number of carbonyl (C=O) groups is 1. The SMILES string of the molecule is Cc1sc2ccn(C)c(=O)c2c1C(=O)NC1CCCCC1. The number of amides is 1. The molecule has 1 saturated carbocycles. The summed E-state index contributed by atoms with van der Waals surface area (Å²) in [6.07, 6.45) is 7.46. The third-order valence-electron chi connectivity index (χ3n) is 4.26. The average Bonchev–Trinajstić information content (AvgIpc) is 2.81. The van der Waals surface area contributed by atoms with Gasteiger partial charge in [0.25, 0.3) is 11.5 Å². The van der Waals surface area contributed by atoms with Crippen molar-refractivity contribution in [1.29, 1.82) is 0 Å².